The summed E-state index contributed by atoms with van der Waals surface area (Å²) in [6, 6.07) is 8.64. The topological polar surface area (TPSA) is 42.0 Å². The Labute approximate surface area is 150 Å². The number of amides is 1. The van der Waals surface area contributed by atoms with E-state index in [-0.39, 0.29) is 18.1 Å². The van der Waals surface area contributed by atoms with Gasteiger partial charge in [-0.3, -0.25) is 9.69 Å². The highest BCUT2D eigenvalue weighted by Crippen LogP contribution is 2.24. The molecule has 1 amide bonds. The van der Waals surface area contributed by atoms with Gasteiger partial charge in [-0.25, -0.2) is 0 Å². The van der Waals surface area contributed by atoms with Gasteiger partial charge in [0.2, 0.25) is 5.91 Å². The number of benzene rings is 1. The van der Waals surface area contributed by atoms with Gasteiger partial charge < -0.3 is 14.4 Å². The normalized spacial score (nSPS) is 22.1. The van der Waals surface area contributed by atoms with Crippen LogP contribution >= 0.6 is 0 Å². The highest BCUT2D eigenvalue weighted by atomic mass is 16.5. The van der Waals surface area contributed by atoms with Crippen LogP contribution in [0.15, 0.2) is 24.3 Å². The predicted octanol–water partition coefficient (Wildman–Crippen LogP) is 2.34. The highest BCUT2D eigenvalue weighted by molar-refractivity contribution is 5.77. The zero-order valence-electron chi connectivity index (χ0n) is 15.6. The minimum Gasteiger partial charge on any atom is -0.486 e. The summed E-state index contributed by atoms with van der Waals surface area (Å²) in [6.45, 7) is 10.4. The number of hydrogen-bond donors (Lipinski definition) is 0. The molecule has 2 saturated heterocycles. The van der Waals surface area contributed by atoms with Crippen molar-refractivity contribution >= 4 is 5.91 Å². The average Bonchev–Trinajstić information content (AvgIpc) is 2.58. The van der Waals surface area contributed by atoms with Gasteiger partial charge in [-0.1, -0.05) is 25.1 Å². The van der Waals surface area contributed by atoms with Gasteiger partial charge >= 0.3 is 0 Å². The van der Waals surface area contributed by atoms with Crippen molar-refractivity contribution in [3.8, 4) is 5.75 Å². The summed E-state index contributed by atoms with van der Waals surface area (Å²) in [6.07, 6.45) is 1.55. The Morgan fingerprint density at radius 3 is 2.76 bits per heavy atom. The summed E-state index contributed by atoms with van der Waals surface area (Å²) >= 11 is 0. The third-order valence-electron chi connectivity index (χ3n) is 5.15. The quantitative estimate of drug-likeness (QED) is 0.793. The second-order valence-electron chi connectivity index (χ2n) is 7.29. The van der Waals surface area contributed by atoms with E-state index in [4.69, 9.17) is 9.47 Å². The number of ether oxygens (including phenoxy) is 2. The van der Waals surface area contributed by atoms with Gasteiger partial charge in [0.25, 0.3) is 0 Å². The zero-order chi connectivity index (χ0) is 17.8. The Kier molecular flexibility index (Phi) is 5.97. The van der Waals surface area contributed by atoms with Crippen molar-refractivity contribution in [2.75, 3.05) is 32.8 Å². The molecule has 0 saturated carbocycles. The number of rotatable bonds is 6. The molecule has 0 unspecified atom stereocenters. The molecule has 0 N–H and O–H groups in total. The SMILES string of the molecule is CCc1ccccc1OC1CN(C(=O)C[C@@H]2CN(C(C)C)CCO2)C1. The van der Waals surface area contributed by atoms with Gasteiger partial charge in [-0.15, -0.1) is 0 Å². The molecular formula is C20H30N2O3. The summed E-state index contributed by atoms with van der Waals surface area (Å²) in [7, 11) is 0. The Hall–Kier alpha value is -1.59. The van der Waals surface area contributed by atoms with Crippen molar-refractivity contribution in [2.45, 2.75) is 51.9 Å². The molecule has 0 bridgehead atoms. The number of aryl methyl sites for hydroxylation is 1. The molecule has 5 heteroatoms. The highest BCUT2D eigenvalue weighted by Gasteiger charge is 2.34. The second-order valence-corrected chi connectivity index (χ2v) is 7.29. The first-order valence-corrected chi connectivity index (χ1v) is 9.44. The van der Waals surface area contributed by atoms with Crippen molar-refractivity contribution in [1.29, 1.82) is 0 Å². The molecule has 0 radical (unpaired) electrons. The first-order valence-electron chi connectivity index (χ1n) is 9.44. The van der Waals surface area contributed by atoms with E-state index in [0.717, 1.165) is 31.9 Å². The largest absolute Gasteiger partial charge is 0.486 e. The van der Waals surface area contributed by atoms with Crippen molar-refractivity contribution in [3.63, 3.8) is 0 Å². The lowest BCUT2D eigenvalue weighted by Gasteiger charge is -2.41. The first kappa shape index (κ1) is 18.2. The number of para-hydroxylation sites is 1. The third kappa shape index (κ3) is 4.53. The number of carbonyl (C=O) groups excluding carboxylic acids is 1. The Morgan fingerprint density at radius 2 is 2.04 bits per heavy atom. The smallest absolute Gasteiger partial charge is 0.225 e. The lowest BCUT2D eigenvalue weighted by molar-refractivity contribution is -0.145. The van der Waals surface area contributed by atoms with Crippen molar-refractivity contribution in [2.24, 2.45) is 0 Å². The Balaban J connectivity index is 1.44. The molecule has 0 aromatic heterocycles. The molecule has 1 aromatic carbocycles. The molecule has 5 nitrogen and oxygen atoms in total. The first-order chi connectivity index (χ1) is 12.1. The van der Waals surface area contributed by atoms with Crippen LogP contribution in [0.5, 0.6) is 5.75 Å². The van der Waals surface area contributed by atoms with Gasteiger partial charge in [0.15, 0.2) is 0 Å². The van der Waals surface area contributed by atoms with Gasteiger partial charge in [0.05, 0.1) is 32.2 Å². The molecule has 2 aliphatic rings. The molecule has 2 heterocycles. The lowest BCUT2D eigenvalue weighted by Crippen LogP contribution is -2.57. The third-order valence-corrected chi connectivity index (χ3v) is 5.15. The van der Waals surface area contributed by atoms with Crippen LogP contribution < -0.4 is 4.74 Å². The van der Waals surface area contributed by atoms with Crippen LogP contribution in [-0.4, -0.2) is 66.7 Å². The maximum absolute atomic E-state index is 12.5. The monoisotopic (exact) mass is 346 g/mol. The van der Waals surface area contributed by atoms with E-state index < -0.39 is 0 Å². The van der Waals surface area contributed by atoms with Gasteiger partial charge in [-0.2, -0.15) is 0 Å². The minimum absolute atomic E-state index is 0.0180. The molecule has 138 valence electrons. The molecule has 0 aliphatic carbocycles. The van der Waals surface area contributed by atoms with Gasteiger partial charge in [0.1, 0.15) is 11.9 Å². The van der Waals surface area contributed by atoms with E-state index in [1.54, 1.807) is 0 Å². The molecule has 2 aliphatic heterocycles. The summed E-state index contributed by atoms with van der Waals surface area (Å²) < 4.78 is 11.8. The lowest BCUT2D eigenvalue weighted by atomic mass is 10.1. The molecule has 1 aromatic rings. The molecule has 2 fully saturated rings. The van der Waals surface area contributed by atoms with Crippen molar-refractivity contribution in [1.82, 2.24) is 9.80 Å². The minimum atomic E-state index is 0.0180. The van der Waals surface area contributed by atoms with Crippen molar-refractivity contribution < 1.29 is 14.3 Å². The molecule has 3 rings (SSSR count). The van der Waals surface area contributed by atoms with Crippen LogP contribution in [0.2, 0.25) is 0 Å². The van der Waals surface area contributed by atoms with Crippen molar-refractivity contribution in [3.05, 3.63) is 29.8 Å². The number of morpholine rings is 1. The number of hydrogen-bond acceptors (Lipinski definition) is 4. The summed E-state index contributed by atoms with van der Waals surface area (Å²) in [4.78, 5) is 16.7. The average molecular weight is 346 g/mol. The summed E-state index contributed by atoms with van der Waals surface area (Å²) in [5.41, 5.74) is 1.22. The van der Waals surface area contributed by atoms with Crippen LogP contribution in [0.1, 0.15) is 32.8 Å². The molecular weight excluding hydrogens is 316 g/mol. The number of likely N-dealkylation sites (tertiary alicyclic amines) is 1. The molecule has 1 atom stereocenters. The maximum Gasteiger partial charge on any atom is 0.225 e. The predicted molar refractivity (Wildman–Crippen MR) is 97.9 cm³/mol. The fourth-order valence-corrected chi connectivity index (χ4v) is 3.47. The van der Waals surface area contributed by atoms with E-state index in [9.17, 15) is 4.79 Å². The van der Waals surface area contributed by atoms with Crippen LogP contribution in [0.3, 0.4) is 0 Å². The van der Waals surface area contributed by atoms with Gasteiger partial charge in [0, 0.05) is 19.1 Å². The van der Waals surface area contributed by atoms with E-state index in [2.05, 4.69) is 31.7 Å². The fourth-order valence-electron chi connectivity index (χ4n) is 3.47. The van der Waals surface area contributed by atoms with Crippen LogP contribution in [0, 0.1) is 0 Å². The van der Waals surface area contributed by atoms with E-state index >= 15 is 0 Å². The summed E-state index contributed by atoms with van der Waals surface area (Å²) in [5, 5.41) is 0. The fraction of sp³-hybridized carbons (Fsp3) is 0.650. The maximum atomic E-state index is 12.5. The van der Waals surface area contributed by atoms with Crippen LogP contribution in [0.4, 0.5) is 0 Å². The van der Waals surface area contributed by atoms with Crippen LogP contribution in [0.25, 0.3) is 0 Å². The van der Waals surface area contributed by atoms with Crippen LogP contribution in [-0.2, 0) is 16.0 Å². The molecule has 25 heavy (non-hydrogen) atoms. The van der Waals surface area contributed by atoms with Gasteiger partial charge in [-0.05, 0) is 31.9 Å². The number of carbonyl (C=O) groups is 1. The summed E-state index contributed by atoms with van der Waals surface area (Å²) in [5.74, 6) is 1.13. The van der Waals surface area contributed by atoms with E-state index in [0.29, 0.717) is 25.6 Å². The molecule has 0 spiro atoms. The standard InChI is InChI=1S/C20H30N2O3/c1-4-16-7-5-6-8-19(16)25-18-13-22(14-18)20(23)11-17-12-21(15(2)3)9-10-24-17/h5-8,15,17-18H,4,9-14H2,1-3H3/t17-/m1/s1. The zero-order valence-corrected chi connectivity index (χ0v) is 15.6. The van der Waals surface area contributed by atoms with E-state index in [1.807, 2.05) is 23.1 Å². The Bertz CT molecular complexity index is 584. The second kappa shape index (κ2) is 8.19. The van der Waals surface area contributed by atoms with E-state index in [1.165, 1.54) is 5.56 Å². The Morgan fingerprint density at radius 1 is 1.28 bits per heavy atom. The number of nitrogens with zero attached hydrogens (tertiary/aromatic N) is 2.